The number of amides is 1. The van der Waals surface area contributed by atoms with E-state index in [4.69, 9.17) is 0 Å². The van der Waals surface area contributed by atoms with Crippen molar-refractivity contribution in [2.75, 3.05) is 0 Å². The van der Waals surface area contributed by atoms with E-state index >= 15 is 0 Å². The molecule has 0 saturated heterocycles. The highest BCUT2D eigenvalue weighted by atomic mass is 16.2. The van der Waals surface area contributed by atoms with Gasteiger partial charge < -0.3 is 5.32 Å². The van der Waals surface area contributed by atoms with Gasteiger partial charge in [-0.1, -0.05) is 30.3 Å². The molecular weight excluding hydrogens is 284 g/mol. The minimum absolute atomic E-state index is 0.147. The van der Waals surface area contributed by atoms with Crippen molar-refractivity contribution in [2.45, 2.75) is 6.54 Å². The van der Waals surface area contributed by atoms with Crippen LogP contribution in [0.2, 0.25) is 0 Å². The van der Waals surface area contributed by atoms with Gasteiger partial charge in [-0.2, -0.15) is 0 Å². The number of aromatic nitrogens is 3. The largest absolute Gasteiger partial charge is 0.348 e. The highest BCUT2D eigenvalue weighted by molar-refractivity contribution is 5.96. The molecule has 7 nitrogen and oxygen atoms in total. The summed E-state index contributed by atoms with van der Waals surface area (Å²) in [5.74, 6) is -0.344. The Hall–Kier alpha value is -3.22. The number of carbonyl (C=O) groups excluding carboxylic acids is 1. The second kappa shape index (κ2) is 5.65. The van der Waals surface area contributed by atoms with Gasteiger partial charge in [0.25, 0.3) is 11.5 Å². The number of pyridine rings is 1. The second-order valence-electron chi connectivity index (χ2n) is 4.70. The van der Waals surface area contributed by atoms with E-state index < -0.39 is 11.2 Å². The normalized spacial score (nSPS) is 10.5. The Morgan fingerprint density at radius 2 is 1.91 bits per heavy atom. The molecule has 3 rings (SSSR count). The number of nitrogens with zero attached hydrogens (tertiary/aromatic N) is 1. The number of fused-ring (bicyclic) bond motifs is 1. The van der Waals surface area contributed by atoms with E-state index in [1.165, 1.54) is 12.3 Å². The molecule has 0 radical (unpaired) electrons. The van der Waals surface area contributed by atoms with Crippen LogP contribution in [0.3, 0.4) is 0 Å². The van der Waals surface area contributed by atoms with Gasteiger partial charge in [-0.25, -0.2) is 9.78 Å². The van der Waals surface area contributed by atoms with Gasteiger partial charge in [0.05, 0.1) is 10.9 Å². The zero-order valence-electron chi connectivity index (χ0n) is 11.4. The lowest BCUT2D eigenvalue weighted by Crippen LogP contribution is -2.25. The Labute approximate surface area is 124 Å². The summed E-state index contributed by atoms with van der Waals surface area (Å²) in [6.45, 7) is 0.375. The van der Waals surface area contributed by atoms with Crippen molar-refractivity contribution in [3.63, 3.8) is 0 Å². The fourth-order valence-electron chi connectivity index (χ4n) is 2.05. The zero-order chi connectivity index (χ0) is 15.5. The van der Waals surface area contributed by atoms with Crippen molar-refractivity contribution in [3.8, 4) is 0 Å². The topological polar surface area (TPSA) is 108 Å². The Morgan fingerprint density at radius 1 is 1.14 bits per heavy atom. The molecule has 0 aliphatic rings. The van der Waals surface area contributed by atoms with E-state index in [0.29, 0.717) is 6.54 Å². The molecule has 22 heavy (non-hydrogen) atoms. The van der Waals surface area contributed by atoms with Crippen LogP contribution in [0, 0.1) is 0 Å². The molecule has 0 spiro atoms. The standard InChI is InChI=1S/C15H12N4O3/c20-13(17-7-9-4-2-1-3-5-9)10-6-11-12(16-8-10)18-15(22)19-14(11)21/h1-6,8H,7H2,(H,17,20)(H2,16,18,19,21,22). The molecule has 1 amide bonds. The van der Waals surface area contributed by atoms with Crippen molar-refractivity contribution >= 4 is 16.9 Å². The lowest BCUT2D eigenvalue weighted by Gasteiger charge is -2.05. The van der Waals surface area contributed by atoms with E-state index in [-0.39, 0.29) is 22.5 Å². The predicted molar refractivity (Wildman–Crippen MR) is 80.6 cm³/mol. The average molecular weight is 296 g/mol. The van der Waals surface area contributed by atoms with Gasteiger partial charge in [0, 0.05) is 12.7 Å². The molecule has 0 saturated carbocycles. The number of benzene rings is 1. The van der Waals surface area contributed by atoms with Gasteiger partial charge in [0.15, 0.2) is 0 Å². The van der Waals surface area contributed by atoms with Crippen LogP contribution in [0.1, 0.15) is 15.9 Å². The number of nitrogens with one attached hydrogen (secondary N) is 3. The van der Waals surface area contributed by atoms with E-state index in [0.717, 1.165) is 5.56 Å². The first kappa shape index (κ1) is 13.7. The van der Waals surface area contributed by atoms with E-state index in [2.05, 4.69) is 20.3 Å². The summed E-state index contributed by atoms with van der Waals surface area (Å²) in [7, 11) is 0. The third-order valence-corrected chi connectivity index (χ3v) is 3.15. The van der Waals surface area contributed by atoms with Crippen LogP contribution in [0.5, 0.6) is 0 Å². The Morgan fingerprint density at radius 3 is 2.68 bits per heavy atom. The molecule has 7 heteroatoms. The van der Waals surface area contributed by atoms with Crippen LogP contribution < -0.4 is 16.6 Å². The molecule has 3 aromatic rings. The average Bonchev–Trinajstić information content (AvgIpc) is 2.53. The van der Waals surface area contributed by atoms with E-state index in [9.17, 15) is 14.4 Å². The van der Waals surface area contributed by atoms with Crippen LogP contribution in [0.4, 0.5) is 0 Å². The highest BCUT2D eigenvalue weighted by Crippen LogP contribution is 2.06. The molecule has 0 fully saturated rings. The Balaban J connectivity index is 1.85. The summed E-state index contributed by atoms with van der Waals surface area (Å²) >= 11 is 0. The fraction of sp³-hybridized carbons (Fsp3) is 0.0667. The summed E-state index contributed by atoms with van der Waals surface area (Å²) in [5, 5.41) is 2.91. The smallest absolute Gasteiger partial charge is 0.327 e. The summed E-state index contributed by atoms with van der Waals surface area (Å²) in [6, 6.07) is 10.9. The number of hydrogen-bond acceptors (Lipinski definition) is 4. The first-order chi connectivity index (χ1) is 10.6. The summed E-state index contributed by atoms with van der Waals surface area (Å²) in [5.41, 5.74) is 0.149. The van der Waals surface area contributed by atoms with Crippen LogP contribution in [-0.2, 0) is 6.54 Å². The highest BCUT2D eigenvalue weighted by Gasteiger charge is 2.09. The maximum Gasteiger partial charge on any atom is 0.327 e. The van der Waals surface area contributed by atoms with E-state index in [1.807, 2.05) is 30.3 Å². The maximum absolute atomic E-state index is 12.1. The maximum atomic E-state index is 12.1. The second-order valence-corrected chi connectivity index (χ2v) is 4.70. The van der Waals surface area contributed by atoms with Crippen molar-refractivity contribution in [1.29, 1.82) is 0 Å². The molecule has 0 bridgehead atoms. The predicted octanol–water partition coefficient (Wildman–Crippen LogP) is 0.541. The van der Waals surface area contributed by atoms with E-state index in [1.54, 1.807) is 0 Å². The molecular formula is C15H12N4O3. The van der Waals surface area contributed by atoms with Crippen molar-refractivity contribution in [1.82, 2.24) is 20.3 Å². The quantitative estimate of drug-likeness (QED) is 0.655. The lowest BCUT2D eigenvalue weighted by atomic mass is 10.2. The molecule has 2 heterocycles. The molecule has 0 aliphatic carbocycles. The van der Waals surface area contributed by atoms with Crippen molar-refractivity contribution in [2.24, 2.45) is 0 Å². The van der Waals surface area contributed by atoms with Crippen molar-refractivity contribution < 1.29 is 4.79 Å². The van der Waals surface area contributed by atoms with Crippen LogP contribution in [0.25, 0.3) is 11.0 Å². The van der Waals surface area contributed by atoms with Crippen molar-refractivity contribution in [3.05, 3.63) is 74.6 Å². The number of carbonyl (C=O) groups is 1. The molecule has 110 valence electrons. The van der Waals surface area contributed by atoms with Crippen LogP contribution in [-0.4, -0.2) is 20.9 Å². The van der Waals surface area contributed by atoms with Gasteiger partial charge in [0.1, 0.15) is 5.65 Å². The summed E-state index contributed by atoms with van der Waals surface area (Å²) < 4.78 is 0. The molecule has 3 N–H and O–H groups in total. The monoisotopic (exact) mass is 296 g/mol. The Bertz CT molecular complexity index is 944. The SMILES string of the molecule is O=C(NCc1ccccc1)c1cnc2[nH]c(=O)[nH]c(=O)c2c1. The van der Waals surface area contributed by atoms with Gasteiger partial charge in [0.2, 0.25) is 0 Å². The minimum atomic E-state index is -0.633. The first-order valence-electron chi connectivity index (χ1n) is 6.58. The number of rotatable bonds is 3. The summed E-state index contributed by atoms with van der Waals surface area (Å²) in [6.07, 6.45) is 1.32. The van der Waals surface area contributed by atoms with Gasteiger partial charge in [-0.15, -0.1) is 0 Å². The van der Waals surface area contributed by atoms with Crippen LogP contribution in [0.15, 0.2) is 52.2 Å². The van der Waals surface area contributed by atoms with Gasteiger partial charge in [-0.3, -0.25) is 19.6 Å². The first-order valence-corrected chi connectivity index (χ1v) is 6.58. The number of H-pyrrole nitrogens is 2. The fourth-order valence-corrected chi connectivity index (χ4v) is 2.05. The van der Waals surface area contributed by atoms with Crippen LogP contribution >= 0.6 is 0 Å². The van der Waals surface area contributed by atoms with Gasteiger partial charge >= 0.3 is 5.69 Å². The van der Waals surface area contributed by atoms with Gasteiger partial charge in [-0.05, 0) is 11.6 Å². The number of aromatic amines is 2. The lowest BCUT2D eigenvalue weighted by molar-refractivity contribution is 0.0950. The third-order valence-electron chi connectivity index (χ3n) is 3.15. The third kappa shape index (κ3) is 2.78. The molecule has 0 atom stereocenters. The molecule has 0 aliphatic heterocycles. The molecule has 1 aromatic carbocycles. The molecule has 0 unspecified atom stereocenters. The zero-order valence-corrected chi connectivity index (χ0v) is 11.4. The summed E-state index contributed by atoms with van der Waals surface area (Å²) in [4.78, 5) is 43.4. The minimum Gasteiger partial charge on any atom is -0.348 e. The number of hydrogen-bond donors (Lipinski definition) is 3. The Kier molecular flexibility index (Phi) is 3.53. The molecule has 2 aromatic heterocycles.